The number of nitrogens with one attached hydrogen (secondary N) is 3. The monoisotopic (exact) mass is 281 g/mol. The van der Waals surface area contributed by atoms with Gasteiger partial charge in [0, 0.05) is 34.1 Å². The molecule has 0 aliphatic carbocycles. The Balaban J connectivity index is 2.55. The number of benzene rings is 1. The maximum absolute atomic E-state index is 11.6. The molecule has 2 amide bonds. The molecule has 1 unspecified atom stereocenters. The van der Waals surface area contributed by atoms with Gasteiger partial charge in [-0.2, -0.15) is 0 Å². The third-order valence-electron chi connectivity index (χ3n) is 2.47. The van der Waals surface area contributed by atoms with E-state index in [1.807, 2.05) is 6.92 Å². The van der Waals surface area contributed by atoms with Gasteiger partial charge in [0.1, 0.15) is 5.84 Å². The van der Waals surface area contributed by atoms with Crippen LogP contribution in [0.25, 0.3) is 0 Å². The van der Waals surface area contributed by atoms with E-state index in [4.69, 9.17) is 5.41 Å². The van der Waals surface area contributed by atoms with E-state index in [0.29, 0.717) is 17.0 Å². The highest BCUT2D eigenvalue weighted by atomic mass is 32.2. The van der Waals surface area contributed by atoms with Crippen LogP contribution in [-0.4, -0.2) is 22.3 Å². The molecule has 1 aromatic carbocycles. The first-order valence-electron chi connectivity index (χ1n) is 6.12. The predicted octanol–water partition coefficient (Wildman–Crippen LogP) is 2.71. The summed E-state index contributed by atoms with van der Waals surface area (Å²) >= 11 is 0. The van der Waals surface area contributed by atoms with Gasteiger partial charge in [0.05, 0.1) is 0 Å². The van der Waals surface area contributed by atoms with Gasteiger partial charge in [-0.15, -0.1) is 0 Å². The van der Waals surface area contributed by atoms with Crippen molar-refractivity contribution < 1.29 is 9.00 Å². The van der Waals surface area contributed by atoms with Crippen molar-refractivity contribution in [2.75, 3.05) is 11.6 Å². The van der Waals surface area contributed by atoms with Crippen LogP contribution in [0.3, 0.4) is 0 Å². The molecule has 3 N–H and O–H groups in total. The van der Waals surface area contributed by atoms with E-state index in [0.717, 1.165) is 12.8 Å². The SMILES string of the molecule is CCCCC(=N)NC(=O)Nc1cccc(S(C)=O)c1. The average molecular weight is 281 g/mol. The van der Waals surface area contributed by atoms with Crippen LogP contribution in [0.1, 0.15) is 26.2 Å². The molecule has 0 saturated heterocycles. The van der Waals surface area contributed by atoms with E-state index in [-0.39, 0.29) is 5.84 Å². The summed E-state index contributed by atoms with van der Waals surface area (Å²) in [5.74, 6) is 0.203. The highest BCUT2D eigenvalue weighted by molar-refractivity contribution is 7.84. The second kappa shape index (κ2) is 7.68. The minimum absolute atomic E-state index is 0.203. The molecule has 19 heavy (non-hydrogen) atoms. The normalized spacial score (nSPS) is 11.7. The van der Waals surface area contributed by atoms with Gasteiger partial charge in [-0.05, 0) is 24.6 Å². The van der Waals surface area contributed by atoms with E-state index < -0.39 is 16.8 Å². The third kappa shape index (κ3) is 5.65. The third-order valence-corrected chi connectivity index (χ3v) is 3.39. The quantitative estimate of drug-likeness (QED) is 0.573. The Morgan fingerprint density at radius 1 is 1.42 bits per heavy atom. The fourth-order valence-electron chi connectivity index (χ4n) is 1.47. The van der Waals surface area contributed by atoms with Crippen LogP contribution in [0.4, 0.5) is 10.5 Å². The predicted molar refractivity (Wildman–Crippen MR) is 78.2 cm³/mol. The molecular weight excluding hydrogens is 262 g/mol. The van der Waals surface area contributed by atoms with Crippen LogP contribution < -0.4 is 10.6 Å². The number of hydrogen-bond acceptors (Lipinski definition) is 3. The van der Waals surface area contributed by atoms with Crippen molar-refractivity contribution in [1.29, 1.82) is 5.41 Å². The van der Waals surface area contributed by atoms with Gasteiger partial charge in [0.15, 0.2) is 0 Å². The summed E-state index contributed by atoms with van der Waals surface area (Å²) in [5, 5.41) is 12.7. The molecule has 0 fully saturated rings. The maximum atomic E-state index is 11.6. The van der Waals surface area contributed by atoms with E-state index in [2.05, 4.69) is 10.6 Å². The van der Waals surface area contributed by atoms with Crippen LogP contribution in [0.5, 0.6) is 0 Å². The Labute approximate surface area is 115 Å². The fraction of sp³-hybridized carbons (Fsp3) is 0.385. The molecule has 0 aromatic heterocycles. The number of carbonyl (C=O) groups is 1. The van der Waals surface area contributed by atoms with Crippen molar-refractivity contribution in [3.8, 4) is 0 Å². The van der Waals surface area contributed by atoms with Gasteiger partial charge < -0.3 is 5.32 Å². The van der Waals surface area contributed by atoms with Crippen LogP contribution >= 0.6 is 0 Å². The lowest BCUT2D eigenvalue weighted by molar-refractivity contribution is 0.256. The number of urea groups is 1. The molecule has 0 radical (unpaired) electrons. The summed E-state index contributed by atoms with van der Waals surface area (Å²) < 4.78 is 11.3. The second-order valence-corrected chi connectivity index (χ2v) is 5.52. The lowest BCUT2D eigenvalue weighted by atomic mass is 10.2. The average Bonchev–Trinajstić information content (AvgIpc) is 2.36. The lowest BCUT2D eigenvalue weighted by Crippen LogP contribution is -2.33. The minimum atomic E-state index is -1.08. The smallest absolute Gasteiger partial charge is 0.308 e. The Bertz CT molecular complexity index is 489. The number of amides is 2. The first-order valence-corrected chi connectivity index (χ1v) is 7.67. The first-order chi connectivity index (χ1) is 9.02. The molecule has 0 heterocycles. The Morgan fingerprint density at radius 2 is 2.16 bits per heavy atom. The highest BCUT2D eigenvalue weighted by Crippen LogP contribution is 2.12. The van der Waals surface area contributed by atoms with Crippen molar-refractivity contribution in [3.63, 3.8) is 0 Å². The molecule has 1 rings (SSSR count). The number of unbranched alkanes of at least 4 members (excludes halogenated alkanes) is 1. The van der Waals surface area contributed by atoms with Gasteiger partial charge >= 0.3 is 6.03 Å². The van der Waals surface area contributed by atoms with Crippen molar-refractivity contribution in [2.45, 2.75) is 31.1 Å². The second-order valence-electron chi connectivity index (χ2n) is 4.14. The number of rotatable bonds is 5. The van der Waals surface area contributed by atoms with E-state index in [1.54, 1.807) is 30.5 Å². The molecule has 5 nitrogen and oxygen atoms in total. The van der Waals surface area contributed by atoms with E-state index in [9.17, 15) is 9.00 Å². The van der Waals surface area contributed by atoms with Crippen molar-refractivity contribution in [3.05, 3.63) is 24.3 Å². The van der Waals surface area contributed by atoms with Gasteiger partial charge in [-0.1, -0.05) is 19.4 Å². The van der Waals surface area contributed by atoms with Crippen LogP contribution in [0.15, 0.2) is 29.2 Å². The zero-order chi connectivity index (χ0) is 14.3. The molecule has 0 bridgehead atoms. The molecule has 1 aromatic rings. The van der Waals surface area contributed by atoms with Crippen LogP contribution in [0, 0.1) is 5.41 Å². The highest BCUT2D eigenvalue weighted by Gasteiger charge is 2.05. The van der Waals surface area contributed by atoms with E-state index >= 15 is 0 Å². The summed E-state index contributed by atoms with van der Waals surface area (Å²) in [6.45, 7) is 2.03. The summed E-state index contributed by atoms with van der Waals surface area (Å²) in [7, 11) is -1.08. The fourth-order valence-corrected chi connectivity index (χ4v) is 2.03. The molecule has 0 spiro atoms. The lowest BCUT2D eigenvalue weighted by Gasteiger charge is -2.09. The number of hydrogen-bond donors (Lipinski definition) is 3. The minimum Gasteiger partial charge on any atom is -0.308 e. The number of amidine groups is 1. The van der Waals surface area contributed by atoms with Gasteiger partial charge in [0.2, 0.25) is 0 Å². The van der Waals surface area contributed by atoms with Gasteiger partial charge in [-0.25, -0.2) is 4.79 Å². The van der Waals surface area contributed by atoms with Crippen molar-refractivity contribution in [1.82, 2.24) is 5.32 Å². The summed E-state index contributed by atoms with van der Waals surface area (Å²) in [4.78, 5) is 12.3. The van der Waals surface area contributed by atoms with Crippen molar-refractivity contribution >= 4 is 28.4 Å². The molecule has 0 aliphatic heterocycles. The summed E-state index contributed by atoms with van der Waals surface area (Å²) in [6.07, 6.45) is 4.00. The van der Waals surface area contributed by atoms with Crippen LogP contribution in [0.2, 0.25) is 0 Å². The standard InChI is InChI=1S/C13H19N3O2S/c1-3-4-8-12(14)16-13(17)15-10-6-5-7-11(9-10)19(2)18/h5-7,9H,3-4,8H2,1-2H3,(H3,14,15,16,17). The van der Waals surface area contributed by atoms with Gasteiger partial charge in [-0.3, -0.25) is 14.9 Å². The molecule has 6 heteroatoms. The zero-order valence-electron chi connectivity index (χ0n) is 11.2. The number of anilines is 1. The topological polar surface area (TPSA) is 82.1 Å². The molecule has 0 aliphatic rings. The molecular formula is C13H19N3O2S. The Kier molecular flexibility index (Phi) is 6.21. The Hall–Kier alpha value is -1.69. The molecule has 104 valence electrons. The van der Waals surface area contributed by atoms with Crippen LogP contribution in [-0.2, 0) is 10.8 Å². The summed E-state index contributed by atoms with van der Waals surface area (Å²) in [6, 6.07) is 6.40. The Morgan fingerprint density at radius 3 is 2.79 bits per heavy atom. The summed E-state index contributed by atoms with van der Waals surface area (Å²) in [5.41, 5.74) is 0.563. The maximum Gasteiger partial charge on any atom is 0.324 e. The molecule has 1 atom stereocenters. The first kappa shape index (κ1) is 15.4. The molecule has 0 saturated carbocycles. The van der Waals surface area contributed by atoms with E-state index in [1.165, 1.54) is 0 Å². The largest absolute Gasteiger partial charge is 0.324 e. The number of carbonyl (C=O) groups excluding carboxylic acids is 1. The zero-order valence-corrected chi connectivity index (χ0v) is 12.0. The van der Waals surface area contributed by atoms with Gasteiger partial charge in [0.25, 0.3) is 0 Å². The van der Waals surface area contributed by atoms with Crippen molar-refractivity contribution in [2.24, 2.45) is 0 Å².